The number of aromatic nitrogens is 1. The van der Waals surface area contributed by atoms with Gasteiger partial charge in [-0.25, -0.2) is 4.98 Å². The lowest BCUT2D eigenvalue weighted by molar-refractivity contribution is 0.815. The Kier molecular flexibility index (Phi) is 4.53. The van der Waals surface area contributed by atoms with Crippen LogP contribution in [0.15, 0.2) is 42.6 Å². The van der Waals surface area contributed by atoms with Crippen LogP contribution in [0.5, 0.6) is 0 Å². The summed E-state index contributed by atoms with van der Waals surface area (Å²) in [5.41, 5.74) is 3.75. The third kappa shape index (κ3) is 3.32. The Hall–Kier alpha value is -1.87. The van der Waals surface area contributed by atoms with Crippen molar-refractivity contribution in [3.8, 4) is 0 Å². The zero-order valence-corrected chi connectivity index (χ0v) is 11.9. The number of hydrogen-bond acceptors (Lipinski definition) is 3. The van der Waals surface area contributed by atoms with E-state index in [0.717, 1.165) is 24.5 Å². The van der Waals surface area contributed by atoms with Gasteiger partial charge in [-0.3, -0.25) is 0 Å². The summed E-state index contributed by atoms with van der Waals surface area (Å²) in [7, 11) is 4.00. The molecule has 2 aromatic rings. The standard InChI is InChI=1S/C16H21N3/c1-4-13-5-7-15(8-6-13)19(3)16-11-14(12-17-2)9-10-18-16/h5-11,17H,4,12H2,1-3H3. The van der Waals surface area contributed by atoms with Crippen LogP contribution in [-0.2, 0) is 13.0 Å². The van der Waals surface area contributed by atoms with Crippen molar-refractivity contribution in [1.29, 1.82) is 0 Å². The van der Waals surface area contributed by atoms with Crippen LogP contribution in [-0.4, -0.2) is 19.1 Å². The largest absolute Gasteiger partial charge is 0.329 e. The van der Waals surface area contributed by atoms with E-state index < -0.39 is 0 Å². The zero-order valence-electron chi connectivity index (χ0n) is 11.9. The van der Waals surface area contributed by atoms with E-state index in [2.05, 4.69) is 52.5 Å². The minimum atomic E-state index is 0.859. The molecule has 1 N–H and O–H groups in total. The number of nitrogens with one attached hydrogen (secondary N) is 1. The van der Waals surface area contributed by atoms with Gasteiger partial charge in [0.05, 0.1) is 0 Å². The molecule has 19 heavy (non-hydrogen) atoms. The van der Waals surface area contributed by atoms with Crippen molar-refractivity contribution in [2.24, 2.45) is 0 Å². The second kappa shape index (κ2) is 6.34. The number of rotatable bonds is 5. The molecular weight excluding hydrogens is 234 g/mol. The highest BCUT2D eigenvalue weighted by Crippen LogP contribution is 2.22. The van der Waals surface area contributed by atoms with Gasteiger partial charge in [0.2, 0.25) is 0 Å². The maximum absolute atomic E-state index is 4.44. The smallest absolute Gasteiger partial charge is 0.132 e. The minimum absolute atomic E-state index is 0.859. The number of aryl methyl sites for hydroxylation is 1. The van der Waals surface area contributed by atoms with E-state index in [0.29, 0.717) is 0 Å². The summed E-state index contributed by atoms with van der Waals surface area (Å²) in [5.74, 6) is 0.969. The summed E-state index contributed by atoms with van der Waals surface area (Å²) in [6.45, 7) is 3.03. The summed E-state index contributed by atoms with van der Waals surface area (Å²) in [6.07, 6.45) is 2.93. The van der Waals surface area contributed by atoms with E-state index in [1.165, 1.54) is 11.1 Å². The summed E-state index contributed by atoms with van der Waals surface area (Å²) in [6, 6.07) is 12.8. The van der Waals surface area contributed by atoms with Gasteiger partial charge < -0.3 is 10.2 Å². The third-order valence-electron chi connectivity index (χ3n) is 3.27. The molecule has 0 saturated carbocycles. The van der Waals surface area contributed by atoms with Gasteiger partial charge in [-0.2, -0.15) is 0 Å². The molecule has 1 aromatic heterocycles. The van der Waals surface area contributed by atoms with Crippen LogP contribution in [0.2, 0.25) is 0 Å². The quantitative estimate of drug-likeness (QED) is 0.889. The molecule has 0 bridgehead atoms. The van der Waals surface area contributed by atoms with Crippen LogP contribution >= 0.6 is 0 Å². The van der Waals surface area contributed by atoms with Crippen LogP contribution in [0.25, 0.3) is 0 Å². The van der Waals surface area contributed by atoms with Crippen molar-refractivity contribution in [3.63, 3.8) is 0 Å². The molecule has 0 amide bonds. The molecule has 0 aliphatic carbocycles. The fourth-order valence-electron chi connectivity index (χ4n) is 2.05. The maximum atomic E-state index is 4.44. The van der Waals surface area contributed by atoms with Crippen molar-refractivity contribution in [2.75, 3.05) is 19.0 Å². The first kappa shape index (κ1) is 13.6. The summed E-state index contributed by atoms with van der Waals surface area (Å²) in [5, 5.41) is 3.16. The molecular formula is C16H21N3. The SMILES string of the molecule is CCc1ccc(N(C)c2cc(CNC)ccn2)cc1. The first-order valence-electron chi connectivity index (χ1n) is 6.66. The van der Waals surface area contributed by atoms with Crippen LogP contribution in [0.3, 0.4) is 0 Å². The van der Waals surface area contributed by atoms with Crippen LogP contribution in [0, 0.1) is 0 Å². The number of hydrogen-bond donors (Lipinski definition) is 1. The number of anilines is 2. The number of pyridine rings is 1. The predicted molar refractivity (Wildman–Crippen MR) is 80.9 cm³/mol. The molecule has 3 nitrogen and oxygen atoms in total. The Balaban J connectivity index is 2.22. The number of benzene rings is 1. The highest BCUT2D eigenvalue weighted by Gasteiger charge is 2.05. The first-order valence-corrected chi connectivity index (χ1v) is 6.66. The highest BCUT2D eigenvalue weighted by atomic mass is 15.2. The van der Waals surface area contributed by atoms with Crippen molar-refractivity contribution in [1.82, 2.24) is 10.3 Å². The van der Waals surface area contributed by atoms with Gasteiger partial charge in [-0.05, 0) is 48.9 Å². The fraction of sp³-hybridized carbons (Fsp3) is 0.312. The predicted octanol–water partition coefficient (Wildman–Crippen LogP) is 3.13. The lowest BCUT2D eigenvalue weighted by Gasteiger charge is -2.19. The molecule has 100 valence electrons. The van der Waals surface area contributed by atoms with E-state index in [-0.39, 0.29) is 0 Å². The molecule has 0 fully saturated rings. The fourth-order valence-corrected chi connectivity index (χ4v) is 2.05. The van der Waals surface area contributed by atoms with Gasteiger partial charge in [0.15, 0.2) is 0 Å². The molecule has 0 aliphatic rings. The van der Waals surface area contributed by atoms with E-state index in [1.54, 1.807) is 0 Å². The lowest BCUT2D eigenvalue weighted by Crippen LogP contribution is -2.12. The molecule has 0 atom stereocenters. The zero-order chi connectivity index (χ0) is 13.7. The molecule has 1 heterocycles. The monoisotopic (exact) mass is 255 g/mol. The van der Waals surface area contributed by atoms with E-state index in [9.17, 15) is 0 Å². The van der Waals surface area contributed by atoms with Crippen molar-refractivity contribution < 1.29 is 0 Å². The van der Waals surface area contributed by atoms with Crippen LogP contribution in [0.1, 0.15) is 18.1 Å². The topological polar surface area (TPSA) is 28.2 Å². The van der Waals surface area contributed by atoms with E-state index >= 15 is 0 Å². The molecule has 1 aromatic carbocycles. The molecule has 3 heteroatoms. The molecule has 0 radical (unpaired) electrons. The molecule has 0 saturated heterocycles. The van der Waals surface area contributed by atoms with E-state index in [4.69, 9.17) is 0 Å². The molecule has 0 spiro atoms. The lowest BCUT2D eigenvalue weighted by atomic mass is 10.1. The van der Waals surface area contributed by atoms with Gasteiger partial charge in [-0.1, -0.05) is 19.1 Å². The normalized spacial score (nSPS) is 10.5. The molecule has 0 unspecified atom stereocenters. The summed E-state index contributed by atoms with van der Waals surface area (Å²) >= 11 is 0. The summed E-state index contributed by atoms with van der Waals surface area (Å²) in [4.78, 5) is 6.55. The molecule has 2 rings (SSSR count). The summed E-state index contributed by atoms with van der Waals surface area (Å²) < 4.78 is 0. The Labute approximate surface area is 115 Å². The van der Waals surface area contributed by atoms with Crippen molar-refractivity contribution in [3.05, 3.63) is 53.7 Å². The van der Waals surface area contributed by atoms with Gasteiger partial charge in [0.1, 0.15) is 5.82 Å². The average Bonchev–Trinajstić information content (AvgIpc) is 2.47. The highest BCUT2D eigenvalue weighted by molar-refractivity contribution is 5.59. The second-order valence-corrected chi connectivity index (χ2v) is 4.63. The van der Waals surface area contributed by atoms with Crippen LogP contribution in [0.4, 0.5) is 11.5 Å². The Morgan fingerprint density at radius 2 is 1.84 bits per heavy atom. The van der Waals surface area contributed by atoms with E-state index in [1.807, 2.05) is 26.4 Å². The average molecular weight is 255 g/mol. The molecule has 0 aliphatic heterocycles. The first-order chi connectivity index (χ1) is 9.24. The number of nitrogens with zero attached hydrogens (tertiary/aromatic N) is 2. The van der Waals surface area contributed by atoms with Crippen molar-refractivity contribution >= 4 is 11.5 Å². The van der Waals surface area contributed by atoms with Crippen LogP contribution < -0.4 is 10.2 Å². The minimum Gasteiger partial charge on any atom is -0.329 e. The van der Waals surface area contributed by atoms with Gasteiger partial charge >= 0.3 is 0 Å². The van der Waals surface area contributed by atoms with Crippen molar-refractivity contribution in [2.45, 2.75) is 19.9 Å². The van der Waals surface area contributed by atoms with Gasteiger partial charge in [0.25, 0.3) is 0 Å². The Bertz CT molecular complexity index is 520. The third-order valence-corrected chi connectivity index (χ3v) is 3.27. The second-order valence-electron chi connectivity index (χ2n) is 4.63. The van der Waals surface area contributed by atoms with Gasteiger partial charge in [-0.15, -0.1) is 0 Å². The van der Waals surface area contributed by atoms with Gasteiger partial charge in [0, 0.05) is 25.5 Å². The Morgan fingerprint density at radius 1 is 1.11 bits per heavy atom. The Morgan fingerprint density at radius 3 is 2.47 bits per heavy atom. The maximum Gasteiger partial charge on any atom is 0.132 e.